The molecule has 8 heteroatoms. The van der Waals surface area contributed by atoms with E-state index in [1.165, 1.54) is 0 Å². The van der Waals surface area contributed by atoms with Gasteiger partial charge in [-0.05, 0) is 46.0 Å². The summed E-state index contributed by atoms with van der Waals surface area (Å²) in [4.78, 5) is 31.4. The molecule has 0 aromatic heterocycles. The van der Waals surface area contributed by atoms with Crippen molar-refractivity contribution in [2.75, 3.05) is 6.54 Å². The van der Waals surface area contributed by atoms with Crippen molar-refractivity contribution >= 4 is 17.8 Å². The van der Waals surface area contributed by atoms with Gasteiger partial charge >= 0.3 is 0 Å². The van der Waals surface area contributed by atoms with Gasteiger partial charge in [-0.15, -0.1) is 0 Å². The van der Waals surface area contributed by atoms with Gasteiger partial charge in [0, 0.05) is 12.1 Å². The van der Waals surface area contributed by atoms with Crippen LogP contribution in [0.25, 0.3) is 0 Å². The molecule has 2 amide bonds. The maximum Gasteiger partial charge on any atom is 0.240 e. The Bertz CT molecular complexity index is 565. The number of nitrogens with two attached hydrogens (primary N) is 2. The fraction of sp³-hybridized carbons (Fsp3) is 0.833. The Morgan fingerprint density at radius 2 is 2.00 bits per heavy atom. The monoisotopic (exact) mass is 366 g/mol. The molecule has 0 spiro atoms. The fourth-order valence-corrected chi connectivity index (χ4v) is 3.68. The predicted molar refractivity (Wildman–Crippen MR) is 102 cm³/mol. The molecular formula is C18H34N6O2. The maximum atomic E-state index is 12.8. The van der Waals surface area contributed by atoms with Gasteiger partial charge in [-0.25, -0.2) is 0 Å². The molecule has 0 radical (unpaired) electrons. The van der Waals surface area contributed by atoms with Gasteiger partial charge in [0.1, 0.15) is 6.04 Å². The summed E-state index contributed by atoms with van der Waals surface area (Å²) < 4.78 is 0. The van der Waals surface area contributed by atoms with Crippen LogP contribution in [0.5, 0.6) is 0 Å². The second kappa shape index (κ2) is 7.82. The standard InChI is InChI=1S/C18H34N6O2/c1-10(2)9-12-14-13(15(25)23-18(3,4)5)22-11(16(26)24(12)14)7-6-8-21-17(19)20/h10-14,22H,6-9H2,1-5H3,(H,23,25)(H4,19,20,21)/t11-,12+,13+,14-,24?/m0/s1. The number of fused-ring (bicyclic) bond motifs is 1. The van der Waals surface area contributed by atoms with Gasteiger partial charge in [-0.2, -0.15) is 0 Å². The Kier molecular flexibility index (Phi) is 6.16. The van der Waals surface area contributed by atoms with Gasteiger partial charge in [0.05, 0.1) is 18.1 Å². The number of hydrogen-bond acceptors (Lipinski definition) is 4. The minimum absolute atomic E-state index is 0.0405. The molecule has 4 atom stereocenters. The lowest BCUT2D eigenvalue weighted by Crippen LogP contribution is -2.61. The number of rotatable bonds is 7. The van der Waals surface area contributed by atoms with Crippen molar-refractivity contribution < 1.29 is 9.59 Å². The van der Waals surface area contributed by atoms with Crippen LogP contribution in [-0.4, -0.2) is 58.9 Å². The molecule has 2 rings (SSSR count). The molecular weight excluding hydrogens is 332 g/mol. The van der Waals surface area contributed by atoms with E-state index in [4.69, 9.17) is 11.5 Å². The Hall–Kier alpha value is -1.83. The van der Waals surface area contributed by atoms with Crippen molar-refractivity contribution in [1.29, 1.82) is 0 Å². The summed E-state index contributed by atoms with van der Waals surface area (Å²) in [6, 6.07) is -0.633. The molecule has 2 saturated heterocycles. The summed E-state index contributed by atoms with van der Waals surface area (Å²) in [6.07, 6.45) is 2.20. The zero-order valence-electron chi connectivity index (χ0n) is 16.6. The average molecular weight is 367 g/mol. The molecule has 8 nitrogen and oxygen atoms in total. The topological polar surface area (TPSA) is 126 Å². The second-order valence-electron chi connectivity index (χ2n) is 8.82. The number of guanidine groups is 1. The summed E-state index contributed by atoms with van der Waals surface area (Å²) in [5.74, 6) is 0.578. The van der Waals surface area contributed by atoms with Crippen molar-refractivity contribution in [1.82, 2.24) is 15.5 Å². The summed E-state index contributed by atoms with van der Waals surface area (Å²) in [5.41, 5.74) is 10.4. The van der Waals surface area contributed by atoms with E-state index in [1.54, 1.807) is 0 Å². The van der Waals surface area contributed by atoms with Crippen molar-refractivity contribution in [3.63, 3.8) is 0 Å². The van der Waals surface area contributed by atoms with Crippen molar-refractivity contribution in [2.24, 2.45) is 22.4 Å². The summed E-state index contributed by atoms with van der Waals surface area (Å²) >= 11 is 0. The van der Waals surface area contributed by atoms with Crippen LogP contribution < -0.4 is 22.1 Å². The number of carbonyl (C=O) groups is 2. The first-order valence-corrected chi connectivity index (χ1v) is 9.47. The number of nitrogens with zero attached hydrogens (tertiary/aromatic N) is 2. The third kappa shape index (κ3) is 5.09. The first-order chi connectivity index (χ1) is 12.0. The van der Waals surface area contributed by atoms with E-state index in [9.17, 15) is 9.59 Å². The zero-order chi connectivity index (χ0) is 19.6. The van der Waals surface area contributed by atoms with Gasteiger partial charge in [-0.3, -0.25) is 19.9 Å². The first kappa shape index (κ1) is 20.5. The third-order valence-electron chi connectivity index (χ3n) is 4.70. The molecule has 26 heavy (non-hydrogen) atoms. The Morgan fingerprint density at radius 1 is 1.35 bits per heavy atom. The molecule has 2 fully saturated rings. The molecule has 2 heterocycles. The highest BCUT2D eigenvalue weighted by Gasteiger charge is 2.61. The maximum absolute atomic E-state index is 12.8. The second-order valence-corrected chi connectivity index (χ2v) is 8.82. The molecule has 148 valence electrons. The van der Waals surface area contributed by atoms with E-state index >= 15 is 0 Å². The van der Waals surface area contributed by atoms with Crippen LogP contribution in [0.15, 0.2) is 4.99 Å². The van der Waals surface area contributed by atoms with Crippen LogP contribution in [0.2, 0.25) is 0 Å². The smallest absolute Gasteiger partial charge is 0.240 e. The van der Waals surface area contributed by atoms with Crippen LogP contribution in [0.1, 0.15) is 53.9 Å². The largest absolute Gasteiger partial charge is 0.370 e. The lowest BCUT2D eigenvalue weighted by atomic mass is 9.99. The van der Waals surface area contributed by atoms with Crippen LogP contribution in [-0.2, 0) is 9.59 Å². The van der Waals surface area contributed by atoms with E-state index in [2.05, 4.69) is 29.5 Å². The summed E-state index contributed by atoms with van der Waals surface area (Å²) in [7, 11) is 0. The normalized spacial score (nSPS) is 27.9. The molecule has 0 unspecified atom stereocenters. The molecule has 0 aromatic carbocycles. The molecule has 0 bridgehead atoms. The number of amides is 2. The highest BCUT2D eigenvalue weighted by Crippen LogP contribution is 2.40. The van der Waals surface area contributed by atoms with E-state index in [1.807, 2.05) is 25.7 Å². The van der Waals surface area contributed by atoms with Gasteiger partial charge in [0.15, 0.2) is 5.96 Å². The minimum atomic E-state index is -0.372. The van der Waals surface area contributed by atoms with Crippen LogP contribution in [0.3, 0.4) is 0 Å². The first-order valence-electron chi connectivity index (χ1n) is 9.47. The van der Waals surface area contributed by atoms with Gasteiger partial charge in [0.25, 0.3) is 0 Å². The number of nitrogens with one attached hydrogen (secondary N) is 2. The summed E-state index contributed by atoms with van der Waals surface area (Å²) in [5, 5.41) is 6.34. The van der Waals surface area contributed by atoms with Gasteiger partial charge in [-0.1, -0.05) is 13.8 Å². The van der Waals surface area contributed by atoms with E-state index in [0.29, 0.717) is 25.3 Å². The van der Waals surface area contributed by atoms with Crippen LogP contribution >= 0.6 is 0 Å². The lowest BCUT2D eigenvalue weighted by Gasteiger charge is -2.31. The van der Waals surface area contributed by atoms with Crippen molar-refractivity contribution in [3.8, 4) is 0 Å². The van der Waals surface area contributed by atoms with Gasteiger partial charge in [0.2, 0.25) is 11.8 Å². The minimum Gasteiger partial charge on any atom is -0.370 e. The van der Waals surface area contributed by atoms with E-state index < -0.39 is 0 Å². The fourth-order valence-electron chi connectivity index (χ4n) is 3.68. The molecule has 0 aliphatic carbocycles. The van der Waals surface area contributed by atoms with Crippen LogP contribution in [0.4, 0.5) is 0 Å². The number of aliphatic imine (C=N–C) groups is 1. The van der Waals surface area contributed by atoms with Crippen molar-refractivity contribution in [2.45, 2.75) is 83.6 Å². The van der Waals surface area contributed by atoms with Crippen molar-refractivity contribution in [3.05, 3.63) is 0 Å². The zero-order valence-corrected chi connectivity index (χ0v) is 16.6. The van der Waals surface area contributed by atoms with E-state index in [0.717, 1.165) is 6.42 Å². The number of piperazine rings is 1. The Morgan fingerprint density at radius 3 is 2.54 bits per heavy atom. The Balaban J connectivity index is 2.07. The number of carbonyl (C=O) groups excluding carboxylic acids is 2. The van der Waals surface area contributed by atoms with Crippen LogP contribution in [0, 0.1) is 5.92 Å². The molecule has 0 aromatic rings. The molecule has 6 N–H and O–H groups in total. The van der Waals surface area contributed by atoms with Gasteiger partial charge < -0.3 is 21.7 Å². The third-order valence-corrected chi connectivity index (χ3v) is 4.70. The molecule has 0 saturated carbocycles. The average Bonchev–Trinajstić information content (AvgIpc) is 3.17. The lowest BCUT2D eigenvalue weighted by molar-refractivity contribution is -0.133. The quantitative estimate of drug-likeness (QED) is 0.217. The predicted octanol–water partition coefficient (Wildman–Crippen LogP) is -0.0794. The molecule has 2 aliphatic heterocycles. The SMILES string of the molecule is CC(C)C[C@@H]1[C@H]2[C@H](C(=O)NC(C)(C)C)N[C@@H](CCCN=C(N)N)C(=O)N21. The molecule has 2 aliphatic rings. The highest BCUT2D eigenvalue weighted by atomic mass is 16.2. The van der Waals surface area contributed by atoms with E-state index in [-0.39, 0.29) is 47.5 Å². The summed E-state index contributed by atoms with van der Waals surface area (Å²) in [6.45, 7) is 10.6. The Labute approximate surface area is 156 Å². The highest BCUT2D eigenvalue weighted by molar-refractivity contribution is 5.93. The number of hydrogen-bond donors (Lipinski definition) is 4.